The second kappa shape index (κ2) is 6.16. The molecule has 1 saturated heterocycles. The van der Waals surface area contributed by atoms with Crippen molar-refractivity contribution in [3.05, 3.63) is 28.8 Å². The van der Waals surface area contributed by atoms with Gasteiger partial charge in [0.1, 0.15) is 0 Å². The molecule has 0 saturated carbocycles. The van der Waals surface area contributed by atoms with Gasteiger partial charge in [0.15, 0.2) is 0 Å². The summed E-state index contributed by atoms with van der Waals surface area (Å²) in [7, 11) is 0. The summed E-state index contributed by atoms with van der Waals surface area (Å²) in [5, 5.41) is 10.2. The van der Waals surface area contributed by atoms with Crippen molar-refractivity contribution in [2.75, 3.05) is 19.3 Å². The van der Waals surface area contributed by atoms with Crippen LogP contribution in [-0.4, -0.2) is 41.4 Å². The zero-order chi connectivity index (χ0) is 14.0. The van der Waals surface area contributed by atoms with Crippen molar-refractivity contribution in [2.24, 2.45) is 5.92 Å². The van der Waals surface area contributed by atoms with Gasteiger partial charge in [-0.3, -0.25) is 4.79 Å². The van der Waals surface area contributed by atoms with Crippen molar-refractivity contribution in [2.45, 2.75) is 24.3 Å². The van der Waals surface area contributed by atoms with Crippen LogP contribution in [0.15, 0.2) is 23.1 Å². The van der Waals surface area contributed by atoms with Gasteiger partial charge >= 0.3 is 0 Å². The van der Waals surface area contributed by atoms with Crippen LogP contribution in [-0.2, 0) is 0 Å². The first-order chi connectivity index (χ1) is 9.02. The lowest BCUT2D eigenvalue weighted by molar-refractivity contribution is 0.0297. The third-order valence-corrected chi connectivity index (χ3v) is 4.61. The van der Waals surface area contributed by atoms with E-state index in [1.165, 1.54) is 0 Å². The predicted octanol–water partition coefficient (Wildman–Crippen LogP) is 2.90. The third-order valence-electron chi connectivity index (χ3n) is 3.55. The number of carbonyl (C=O) groups excluding carboxylic acids is 1. The Kier molecular flexibility index (Phi) is 4.76. The average molecular weight is 300 g/mol. The van der Waals surface area contributed by atoms with Gasteiger partial charge in [-0.2, -0.15) is 0 Å². The van der Waals surface area contributed by atoms with Crippen LogP contribution in [0.3, 0.4) is 0 Å². The lowest BCUT2D eigenvalue weighted by Gasteiger charge is -2.34. The number of rotatable bonds is 2. The standard InChI is InChI=1S/C14H18ClNO2S/c1-9-8-16(6-5-13(9)17)14(18)11-7-10(19-2)3-4-12(11)15/h3-4,7,9,13,17H,5-6,8H2,1-2H3. The van der Waals surface area contributed by atoms with E-state index in [1.807, 2.05) is 25.3 Å². The smallest absolute Gasteiger partial charge is 0.255 e. The molecule has 2 rings (SSSR count). The van der Waals surface area contributed by atoms with Gasteiger partial charge in [0, 0.05) is 18.0 Å². The molecule has 0 aromatic heterocycles. The van der Waals surface area contributed by atoms with Crippen LogP contribution in [0, 0.1) is 5.92 Å². The van der Waals surface area contributed by atoms with E-state index in [-0.39, 0.29) is 17.9 Å². The Bertz CT molecular complexity index is 481. The first kappa shape index (κ1) is 14.7. The minimum absolute atomic E-state index is 0.0420. The van der Waals surface area contributed by atoms with Gasteiger partial charge < -0.3 is 10.0 Å². The molecular formula is C14H18ClNO2S. The maximum Gasteiger partial charge on any atom is 0.255 e. The lowest BCUT2D eigenvalue weighted by atomic mass is 9.96. The molecule has 1 aliphatic rings. The topological polar surface area (TPSA) is 40.5 Å². The lowest BCUT2D eigenvalue weighted by Crippen LogP contribution is -2.45. The van der Waals surface area contributed by atoms with E-state index in [2.05, 4.69) is 0 Å². The Labute approximate surface area is 122 Å². The van der Waals surface area contributed by atoms with Crippen LogP contribution in [0.2, 0.25) is 5.02 Å². The van der Waals surface area contributed by atoms with Crippen molar-refractivity contribution < 1.29 is 9.90 Å². The van der Waals surface area contributed by atoms with Gasteiger partial charge in [0.25, 0.3) is 5.91 Å². The maximum absolute atomic E-state index is 12.5. The molecule has 1 aliphatic heterocycles. The van der Waals surface area contributed by atoms with Crippen molar-refractivity contribution >= 4 is 29.3 Å². The summed E-state index contributed by atoms with van der Waals surface area (Å²) in [6.45, 7) is 3.13. The summed E-state index contributed by atoms with van der Waals surface area (Å²) < 4.78 is 0. The first-order valence-corrected chi connectivity index (χ1v) is 7.94. The number of aliphatic hydroxyl groups is 1. The number of hydrogen-bond acceptors (Lipinski definition) is 3. The molecule has 1 aromatic rings. The van der Waals surface area contributed by atoms with Gasteiger partial charge in [0.2, 0.25) is 0 Å². The van der Waals surface area contributed by atoms with Crippen molar-refractivity contribution in [1.82, 2.24) is 4.90 Å². The summed E-state index contributed by atoms with van der Waals surface area (Å²) in [6, 6.07) is 5.51. The van der Waals surface area contributed by atoms with E-state index in [1.54, 1.807) is 22.7 Å². The number of hydrogen-bond donors (Lipinski definition) is 1. The normalized spacial score (nSPS) is 23.5. The van der Waals surface area contributed by atoms with Crippen molar-refractivity contribution in [3.63, 3.8) is 0 Å². The van der Waals surface area contributed by atoms with E-state index < -0.39 is 0 Å². The summed E-state index contributed by atoms with van der Waals surface area (Å²) in [4.78, 5) is 15.3. The summed E-state index contributed by atoms with van der Waals surface area (Å²) in [5.74, 6) is 0.0693. The highest BCUT2D eigenvalue weighted by atomic mass is 35.5. The zero-order valence-corrected chi connectivity index (χ0v) is 12.7. The van der Waals surface area contributed by atoms with Crippen LogP contribution in [0.5, 0.6) is 0 Å². The maximum atomic E-state index is 12.5. The molecule has 1 amide bonds. The first-order valence-electron chi connectivity index (χ1n) is 6.33. The Hall–Kier alpha value is -0.710. The Morgan fingerprint density at radius 2 is 2.26 bits per heavy atom. The molecule has 0 bridgehead atoms. The average Bonchev–Trinajstić information content (AvgIpc) is 2.41. The molecule has 0 radical (unpaired) electrons. The van der Waals surface area contributed by atoms with Gasteiger partial charge in [-0.1, -0.05) is 18.5 Å². The molecule has 5 heteroatoms. The number of aliphatic hydroxyl groups excluding tert-OH is 1. The van der Waals surface area contributed by atoms with Crippen LogP contribution in [0.1, 0.15) is 23.7 Å². The fraction of sp³-hybridized carbons (Fsp3) is 0.500. The minimum Gasteiger partial charge on any atom is -0.393 e. The number of carbonyl (C=O) groups is 1. The molecule has 1 fully saturated rings. The number of nitrogens with zero attached hydrogens (tertiary/aromatic N) is 1. The van der Waals surface area contributed by atoms with E-state index in [9.17, 15) is 9.90 Å². The number of benzene rings is 1. The summed E-state index contributed by atoms with van der Waals surface area (Å²) >= 11 is 7.71. The molecule has 0 aliphatic carbocycles. The predicted molar refractivity (Wildman–Crippen MR) is 78.9 cm³/mol. The molecule has 2 atom stereocenters. The molecule has 1 N–H and O–H groups in total. The Morgan fingerprint density at radius 1 is 1.53 bits per heavy atom. The fourth-order valence-electron chi connectivity index (χ4n) is 2.28. The van der Waals surface area contributed by atoms with Crippen molar-refractivity contribution in [1.29, 1.82) is 0 Å². The molecule has 1 aromatic carbocycles. The number of likely N-dealkylation sites (tertiary alicyclic amines) is 1. The fourth-order valence-corrected chi connectivity index (χ4v) is 2.92. The quantitative estimate of drug-likeness (QED) is 0.854. The second-order valence-electron chi connectivity index (χ2n) is 4.93. The molecule has 1 heterocycles. The molecule has 19 heavy (non-hydrogen) atoms. The monoisotopic (exact) mass is 299 g/mol. The van der Waals surface area contributed by atoms with E-state index in [0.29, 0.717) is 30.1 Å². The van der Waals surface area contributed by atoms with Crippen molar-refractivity contribution in [3.8, 4) is 0 Å². The summed E-state index contributed by atoms with van der Waals surface area (Å²) in [5.41, 5.74) is 0.553. The van der Waals surface area contributed by atoms with Crippen LogP contribution < -0.4 is 0 Å². The zero-order valence-electron chi connectivity index (χ0n) is 11.1. The number of amides is 1. The second-order valence-corrected chi connectivity index (χ2v) is 6.22. The highest BCUT2D eigenvalue weighted by molar-refractivity contribution is 7.98. The molecule has 0 spiro atoms. The molecule has 104 valence electrons. The summed E-state index contributed by atoms with van der Waals surface area (Å²) in [6.07, 6.45) is 2.29. The van der Waals surface area contributed by atoms with Crippen LogP contribution in [0.4, 0.5) is 0 Å². The van der Waals surface area contributed by atoms with E-state index in [4.69, 9.17) is 11.6 Å². The highest BCUT2D eigenvalue weighted by Gasteiger charge is 2.28. The minimum atomic E-state index is -0.308. The van der Waals surface area contributed by atoms with E-state index in [0.717, 1.165) is 4.90 Å². The largest absolute Gasteiger partial charge is 0.393 e. The molecular weight excluding hydrogens is 282 g/mol. The van der Waals surface area contributed by atoms with Gasteiger partial charge in [-0.25, -0.2) is 0 Å². The number of piperidine rings is 1. The van der Waals surface area contributed by atoms with Gasteiger partial charge in [-0.05, 0) is 36.8 Å². The Morgan fingerprint density at radius 3 is 2.89 bits per heavy atom. The van der Waals surface area contributed by atoms with Crippen LogP contribution in [0.25, 0.3) is 0 Å². The SMILES string of the molecule is CSc1ccc(Cl)c(C(=O)N2CCC(O)C(C)C2)c1. The van der Waals surface area contributed by atoms with Gasteiger partial charge in [-0.15, -0.1) is 11.8 Å². The van der Waals surface area contributed by atoms with Crippen LogP contribution >= 0.6 is 23.4 Å². The molecule has 2 unspecified atom stereocenters. The van der Waals surface area contributed by atoms with E-state index >= 15 is 0 Å². The molecule has 3 nitrogen and oxygen atoms in total. The Balaban J connectivity index is 2.20. The van der Waals surface area contributed by atoms with Gasteiger partial charge in [0.05, 0.1) is 16.7 Å². The number of halogens is 1. The third kappa shape index (κ3) is 3.25. The highest BCUT2D eigenvalue weighted by Crippen LogP contribution is 2.26. The number of thioether (sulfide) groups is 1.